The van der Waals surface area contributed by atoms with Gasteiger partial charge in [0.2, 0.25) is 0 Å². The lowest BCUT2D eigenvalue weighted by Crippen LogP contribution is -1.98. The number of hydrogen-bond acceptors (Lipinski definition) is 4. The van der Waals surface area contributed by atoms with Gasteiger partial charge in [-0.15, -0.1) is 0 Å². The minimum atomic E-state index is 0.267. The highest BCUT2D eigenvalue weighted by Gasteiger charge is 2.15. The van der Waals surface area contributed by atoms with Crippen LogP contribution in [0.15, 0.2) is 6.07 Å². The quantitative estimate of drug-likeness (QED) is 0.630. The van der Waals surface area contributed by atoms with Crippen molar-refractivity contribution in [1.29, 1.82) is 5.26 Å². The van der Waals surface area contributed by atoms with Crippen molar-refractivity contribution >= 4 is 18.0 Å². The molecule has 1 aliphatic heterocycles. The third-order valence-corrected chi connectivity index (χ3v) is 2.94. The van der Waals surface area contributed by atoms with E-state index in [1.54, 1.807) is 17.8 Å². The first-order valence-corrected chi connectivity index (χ1v) is 4.96. The minimum Gasteiger partial charge on any atom is -0.296 e. The number of hydrogen-bond donors (Lipinski definition) is 0. The van der Waals surface area contributed by atoms with Gasteiger partial charge in [-0.05, 0) is 11.6 Å². The number of fused-ring (bicyclic) bond motifs is 1. The molecule has 0 bridgehead atoms. The van der Waals surface area contributed by atoms with Gasteiger partial charge in [-0.3, -0.25) is 4.79 Å². The van der Waals surface area contributed by atoms with Crippen LogP contribution in [0.2, 0.25) is 0 Å². The second-order valence-electron chi connectivity index (χ2n) is 2.75. The topological polar surface area (TPSA) is 53.8 Å². The van der Waals surface area contributed by atoms with Gasteiger partial charge in [-0.25, -0.2) is 4.98 Å². The van der Waals surface area contributed by atoms with Crippen LogP contribution in [0.3, 0.4) is 0 Å². The van der Waals surface area contributed by atoms with Gasteiger partial charge < -0.3 is 0 Å². The number of aldehydes is 1. The van der Waals surface area contributed by atoms with Crippen LogP contribution in [-0.4, -0.2) is 11.3 Å². The van der Waals surface area contributed by atoms with E-state index in [1.165, 1.54) is 0 Å². The van der Waals surface area contributed by atoms with Crippen molar-refractivity contribution in [3.8, 4) is 6.07 Å². The van der Waals surface area contributed by atoms with Crippen LogP contribution in [-0.2, 0) is 11.5 Å². The fraction of sp³-hybridized carbons (Fsp3) is 0.222. The predicted molar refractivity (Wildman–Crippen MR) is 49.3 cm³/mol. The summed E-state index contributed by atoms with van der Waals surface area (Å²) in [7, 11) is 0. The number of carbonyl (C=O) groups is 1. The molecule has 0 atom stereocenters. The largest absolute Gasteiger partial charge is 0.296 e. The molecule has 2 rings (SSSR count). The summed E-state index contributed by atoms with van der Waals surface area (Å²) >= 11 is 1.75. The minimum absolute atomic E-state index is 0.267. The highest BCUT2D eigenvalue weighted by molar-refractivity contribution is 7.98. The van der Waals surface area contributed by atoms with Crippen LogP contribution in [0.5, 0.6) is 0 Å². The smallest absolute Gasteiger partial charge is 0.169 e. The summed E-state index contributed by atoms with van der Waals surface area (Å²) in [4.78, 5) is 14.7. The highest BCUT2D eigenvalue weighted by atomic mass is 32.2. The summed E-state index contributed by atoms with van der Waals surface area (Å²) in [5, 5.41) is 8.73. The number of aromatic nitrogens is 1. The molecule has 0 saturated carbocycles. The maximum absolute atomic E-state index is 10.6. The van der Waals surface area contributed by atoms with Gasteiger partial charge in [0.15, 0.2) is 6.29 Å². The number of pyridine rings is 1. The maximum atomic E-state index is 10.6. The van der Waals surface area contributed by atoms with E-state index in [4.69, 9.17) is 5.26 Å². The van der Waals surface area contributed by atoms with Crippen molar-refractivity contribution in [3.05, 3.63) is 28.6 Å². The number of nitrogens with zero attached hydrogens (tertiary/aromatic N) is 2. The van der Waals surface area contributed by atoms with Gasteiger partial charge in [0.25, 0.3) is 0 Å². The van der Waals surface area contributed by atoms with Gasteiger partial charge in [0, 0.05) is 11.5 Å². The number of rotatable bonds is 1. The van der Waals surface area contributed by atoms with Gasteiger partial charge in [-0.1, -0.05) is 0 Å². The lowest BCUT2D eigenvalue weighted by Gasteiger charge is -1.99. The van der Waals surface area contributed by atoms with Crippen LogP contribution < -0.4 is 0 Å². The Kier molecular flexibility index (Phi) is 2.03. The molecular weight excluding hydrogens is 184 g/mol. The first-order valence-electron chi connectivity index (χ1n) is 3.81. The van der Waals surface area contributed by atoms with Crippen molar-refractivity contribution in [2.45, 2.75) is 11.5 Å². The summed E-state index contributed by atoms with van der Waals surface area (Å²) in [5.41, 5.74) is 2.69. The van der Waals surface area contributed by atoms with Gasteiger partial charge >= 0.3 is 0 Å². The first kappa shape index (κ1) is 8.27. The Labute approximate surface area is 79.8 Å². The zero-order valence-corrected chi connectivity index (χ0v) is 7.60. The molecule has 0 unspecified atom stereocenters. The summed E-state index contributed by atoms with van der Waals surface area (Å²) < 4.78 is 0. The monoisotopic (exact) mass is 190 g/mol. The highest BCUT2D eigenvalue weighted by Crippen LogP contribution is 2.29. The number of carbonyl (C=O) groups excluding carboxylic acids is 1. The summed E-state index contributed by atoms with van der Waals surface area (Å²) in [6, 6.07) is 3.74. The lowest BCUT2D eigenvalue weighted by molar-refractivity contribution is 0.111. The van der Waals surface area contributed by atoms with Crippen molar-refractivity contribution in [3.63, 3.8) is 0 Å². The van der Waals surface area contributed by atoms with Crippen molar-refractivity contribution in [2.24, 2.45) is 0 Å². The molecule has 64 valence electrons. The van der Waals surface area contributed by atoms with E-state index >= 15 is 0 Å². The van der Waals surface area contributed by atoms with E-state index in [-0.39, 0.29) is 5.69 Å². The molecule has 0 amide bonds. The normalized spacial score (nSPS) is 13.5. The van der Waals surface area contributed by atoms with E-state index in [0.29, 0.717) is 11.8 Å². The molecule has 0 fully saturated rings. The van der Waals surface area contributed by atoms with E-state index in [1.807, 2.05) is 6.07 Å². The Balaban J connectivity index is 2.61. The standard InChI is InChI=1S/C9H6N2OS/c10-2-6-1-7-4-13-5-9(7)11-8(6)3-12/h1,3H,4-5H2. The maximum Gasteiger partial charge on any atom is 0.169 e. The second kappa shape index (κ2) is 3.19. The molecule has 0 spiro atoms. The molecule has 0 N–H and O–H groups in total. The zero-order chi connectivity index (χ0) is 9.26. The van der Waals surface area contributed by atoms with E-state index in [2.05, 4.69) is 4.98 Å². The Bertz CT molecular complexity index is 409. The lowest BCUT2D eigenvalue weighted by atomic mass is 10.1. The molecule has 1 aromatic heterocycles. The van der Waals surface area contributed by atoms with Crippen molar-refractivity contribution in [1.82, 2.24) is 4.98 Å². The average molecular weight is 190 g/mol. The third kappa shape index (κ3) is 1.31. The molecule has 1 aliphatic rings. The average Bonchev–Trinajstić information content (AvgIpc) is 2.62. The Morgan fingerprint density at radius 3 is 3.15 bits per heavy atom. The molecule has 2 heterocycles. The summed E-state index contributed by atoms with van der Waals surface area (Å²) in [5.74, 6) is 1.75. The molecule has 13 heavy (non-hydrogen) atoms. The molecule has 3 nitrogen and oxygen atoms in total. The fourth-order valence-corrected chi connectivity index (χ4v) is 2.31. The molecule has 1 aromatic rings. The summed E-state index contributed by atoms with van der Waals surface area (Å²) in [6.07, 6.45) is 0.641. The molecule has 0 aromatic carbocycles. The molecular formula is C9H6N2OS. The van der Waals surface area contributed by atoms with Crippen LogP contribution >= 0.6 is 11.8 Å². The van der Waals surface area contributed by atoms with E-state index in [0.717, 1.165) is 22.8 Å². The van der Waals surface area contributed by atoms with Crippen LogP contribution in [0.4, 0.5) is 0 Å². The van der Waals surface area contributed by atoms with Gasteiger partial charge in [0.1, 0.15) is 11.8 Å². The Hall–Kier alpha value is -1.34. The van der Waals surface area contributed by atoms with Gasteiger partial charge in [0.05, 0.1) is 11.3 Å². The summed E-state index contributed by atoms with van der Waals surface area (Å²) in [6.45, 7) is 0. The van der Waals surface area contributed by atoms with E-state index < -0.39 is 0 Å². The van der Waals surface area contributed by atoms with Crippen LogP contribution in [0.1, 0.15) is 27.3 Å². The third-order valence-electron chi connectivity index (χ3n) is 1.95. The van der Waals surface area contributed by atoms with Crippen molar-refractivity contribution in [2.75, 3.05) is 0 Å². The molecule has 4 heteroatoms. The number of nitriles is 1. The van der Waals surface area contributed by atoms with Crippen molar-refractivity contribution < 1.29 is 4.79 Å². The first-order chi connectivity index (χ1) is 6.35. The Morgan fingerprint density at radius 1 is 1.62 bits per heavy atom. The molecule has 0 radical (unpaired) electrons. The SMILES string of the molecule is N#Cc1cc2c(nc1C=O)CSC2. The fourth-order valence-electron chi connectivity index (χ4n) is 1.30. The van der Waals surface area contributed by atoms with Crippen LogP contribution in [0, 0.1) is 11.3 Å². The predicted octanol–water partition coefficient (Wildman–Crippen LogP) is 1.51. The van der Waals surface area contributed by atoms with E-state index in [9.17, 15) is 4.79 Å². The van der Waals surface area contributed by atoms with Crippen LogP contribution in [0.25, 0.3) is 0 Å². The zero-order valence-electron chi connectivity index (χ0n) is 6.78. The second-order valence-corrected chi connectivity index (χ2v) is 3.74. The molecule has 0 saturated heterocycles. The molecule has 0 aliphatic carbocycles. The van der Waals surface area contributed by atoms with Gasteiger partial charge in [-0.2, -0.15) is 17.0 Å². The Morgan fingerprint density at radius 2 is 2.46 bits per heavy atom. The number of thioether (sulfide) groups is 1.